The second-order valence-electron chi connectivity index (χ2n) is 5.97. The van der Waals surface area contributed by atoms with Crippen LogP contribution in [0.1, 0.15) is 45.1 Å². The number of nitrogens with two attached hydrogens (primary N) is 1. The summed E-state index contributed by atoms with van der Waals surface area (Å²) in [5, 5.41) is 19.5. The minimum absolute atomic E-state index is 0.0289. The molecule has 0 fully saturated rings. The van der Waals surface area contributed by atoms with Gasteiger partial charge in [0.25, 0.3) is 0 Å². The van der Waals surface area contributed by atoms with E-state index < -0.39 is 22.8 Å². The van der Waals surface area contributed by atoms with Crippen molar-refractivity contribution in [3.8, 4) is 11.8 Å². The highest BCUT2D eigenvalue weighted by atomic mass is 32.2. The lowest BCUT2D eigenvalue weighted by Gasteiger charge is -2.33. The van der Waals surface area contributed by atoms with Gasteiger partial charge in [-0.3, -0.25) is 0 Å². The number of aliphatic hydroxyl groups is 1. The summed E-state index contributed by atoms with van der Waals surface area (Å²) in [5.41, 5.74) is 5.99. The molecule has 0 aliphatic carbocycles. The fourth-order valence-electron chi connectivity index (χ4n) is 2.49. The minimum atomic E-state index is -0.853. The lowest BCUT2D eigenvalue weighted by atomic mass is 9.86. The first-order valence-electron chi connectivity index (χ1n) is 8.40. The van der Waals surface area contributed by atoms with Gasteiger partial charge in [-0.25, -0.2) is 0 Å². The Morgan fingerprint density at radius 1 is 1.38 bits per heavy atom. The summed E-state index contributed by atoms with van der Waals surface area (Å²) < 4.78 is 17.3. The van der Waals surface area contributed by atoms with Crippen molar-refractivity contribution in [3.63, 3.8) is 0 Å². The van der Waals surface area contributed by atoms with Crippen LogP contribution < -0.4 is 10.5 Å². The van der Waals surface area contributed by atoms with Crippen LogP contribution in [0.15, 0.2) is 24.3 Å². The van der Waals surface area contributed by atoms with Gasteiger partial charge < -0.3 is 20.1 Å². The zero-order valence-electron chi connectivity index (χ0n) is 14.5. The molecule has 0 radical (unpaired) electrons. The summed E-state index contributed by atoms with van der Waals surface area (Å²) in [6, 6.07) is 8.96. The van der Waals surface area contributed by atoms with Crippen LogP contribution >= 0.6 is 0 Å². The number of nitriles is 1. The molecule has 5 nitrogen and oxygen atoms in total. The van der Waals surface area contributed by atoms with Gasteiger partial charge in [0.15, 0.2) is 0 Å². The Kier molecular flexibility index (Phi) is 9.16. The molecule has 24 heavy (non-hydrogen) atoms. The van der Waals surface area contributed by atoms with E-state index in [1.165, 1.54) is 0 Å². The van der Waals surface area contributed by atoms with E-state index in [2.05, 4.69) is 6.07 Å². The Labute approximate surface area is 148 Å². The monoisotopic (exact) mass is 352 g/mol. The van der Waals surface area contributed by atoms with Gasteiger partial charge in [0.2, 0.25) is 0 Å². The van der Waals surface area contributed by atoms with Crippen LogP contribution in [0.2, 0.25) is 0 Å². The van der Waals surface area contributed by atoms with Crippen LogP contribution in [-0.2, 0) is 11.2 Å². The number of hydrogen-bond acceptors (Lipinski definition) is 5. The molecular formula is C18H28N2O3S. The molecule has 0 heterocycles. The number of nitrogens with zero attached hydrogens (tertiary/aromatic N) is 1. The summed E-state index contributed by atoms with van der Waals surface area (Å²) in [5.74, 6) is 1.76. The van der Waals surface area contributed by atoms with Crippen LogP contribution in [0.25, 0.3) is 0 Å². The average molecular weight is 353 g/mol. The Bertz CT molecular complexity index is 535. The van der Waals surface area contributed by atoms with Gasteiger partial charge in [-0.05, 0) is 37.8 Å². The standard InChI is InChI=1S/C18H28N2O3S/c1-3-11-24(22)12-7-10-18(20,4-2)17(21)14-23-16-9-6-5-8-15(16)13-19/h5-6,8-9,17,21H,3-4,7,10-12,14,20H2,1-2H3. The molecule has 1 rings (SSSR count). The molecular weight excluding hydrogens is 324 g/mol. The molecule has 0 bridgehead atoms. The first kappa shape index (κ1) is 20.8. The second-order valence-corrected chi connectivity index (χ2v) is 7.67. The molecule has 0 aliphatic rings. The summed E-state index contributed by atoms with van der Waals surface area (Å²) in [6.07, 6.45) is 1.95. The van der Waals surface area contributed by atoms with Crippen LogP contribution in [0.4, 0.5) is 0 Å². The second kappa shape index (κ2) is 10.6. The van der Waals surface area contributed by atoms with Gasteiger partial charge in [-0.1, -0.05) is 37.2 Å². The zero-order valence-corrected chi connectivity index (χ0v) is 15.3. The van der Waals surface area contributed by atoms with Crippen LogP contribution in [-0.4, -0.2) is 39.4 Å². The molecule has 3 atom stereocenters. The number of ether oxygens (including phenoxy) is 1. The largest absolute Gasteiger partial charge is 0.616 e. The molecule has 0 aliphatic heterocycles. The van der Waals surface area contributed by atoms with Gasteiger partial charge >= 0.3 is 0 Å². The smallest absolute Gasteiger partial charge is 0.137 e. The van der Waals surface area contributed by atoms with E-state index in [0.717, 1.165) is 6.42 Å². The molecule has 3 unspecified atom stereocenters. The van der Waals surface area contributed by atoms with Crippen molar-refractivity contribution in [2.24, 2.45) is 5.73 Å². The fraction of sp³-hybridized carbons (Fsp3) is 0.611. The highest BCUT2D eigenvalue weighted by Gasteiger charge is 2.32. The maximum atomic E-state index is 11.7. The van der Waals surface area contributed by atoms with Gasteiger partial charge in [0.1, 0.15) is 36.0 Å². The van der Waals surface area contributed by atoms with E-state index in [1.54, 1.807) is 24.3 Å². The molecule has 0 saturated carbocycles. The van der Waals surface area contributed by atoms with Gasteiger partial charge in [0.05, 0.1) is 5.56 Å². The van der Waals surface area contributed by atoms with Crippen molar-refractivity contribution >= 4 is 11.2 Å². The lowest BCUT2D eigenvalue weighted by molar-refractivity contribution is 0.0329. The van der Waals surface area contributed by atoms with Crippen molar-refractivity contribution < 1.29 is 14.4 Å². The predicted octanol–water partition coefficient (Wildman–Crippen LogP) is 2.34. The third-order valence-electron chi connectivity index (χ3n) is 4.17. The Morgan fingerprint density at radius 2 is 2.08 bits per heavy atom. The Balaban J connectivity index is 2.55. The Morgan fingerprint density at radius 3 is 2.71 bits per heavy atom. The first-order chi connectivity index (χ1) is 11.5. The van der Waals surface area contributed by atoms with E-state index in [9.17, 15) is 9.66 Å². The lowest BCUT2D eigenvalue weighted by Crippen LogP contribution is -2.53. The van der Waals surface area contributed by atoms with E-state index >= 15 is 0 Å². The van der Waals surface area contributed by atoms with E-state index in [0.29, 0.717) is 42.1 Å². The minimum Gasteiger partial charge on any atom is -0.616 e. The SMILES string of the molecule is CCC[S+]([O-])CCCC(N)(CC)C(O)COc1ccccc1C#N. The molecule has 0 aromatic heterocycles. The summed E-state index contributed by atoms with van der Waals surface area (Å²) in [6.45, 7) is 3.97. The first-order valence-corrected chi connectivity index (χ1v) is 9.89. The Hall–Kier alpha value is -1.26. The van der Waals surface area contributed by atoms with Crippen molar-refractivity contribution in [3.05, 3.63) is 29.8 Å². The summed E-state index contributed by atoms with van der Waals surface area (Å²) >= 11 is -0.812. The molecule has 0 amide bonds. The van der Waals surface area contributed by atoms with Crippen molar-refractivity contribution in [1.82, 2.24) is 0 Å². The average Bonchev–Trinajstić information content (AvgIpc) is 2.59. The van der Waals surface area contributed by atoms with Crippen molar-refractivity contribution in [2.75, 3.05) is 18.1 Å². The van der Waals surface area contributed by atoms with E-state index in [-0.39, 0.29) is 6.61 Å². The molecule has 134 valence electrons. The molecule has 0 saturated heterocycles. The van der Waals surface area contributed by atoms with Crippen molar-refractivity contribution in [2.45, 2.75) is 51.2 Å². The molecule has 3 N–H and O–H groups in total. The van der Waals surface area contributed by atoms with Gasteiger partial charge in [-0.15, -0.1) is 0 Å². The van der Waals surface area contributed by atoms with Gasteiger partial charge in [-0.2, -0.15) is 5.26 Å². The third kappa shape index (κ3) is 6.33. The van der Waals surface area contributed by atoms with E-state index in [4.69, 9.17) is 15.7 Å². The molecule has 1 aromatic rings. The molecule has 6 heteroatoms. The number of para-hydroxylation sites is 1. The molecule has 1 aromatic carbocycles. The van der Waals surface area contributed by atoms with Crippen LogP contribution in [0.3, 0.4) is 0 Å². The quantitative estimate of drug-likeness (QED) is 0.595. The number of aliphatic hydroxyl groups excluding tert-OH is 1. The topological polar surface area (TPSA) is 102 Å². The normalized spacial score (nSPS) is 16.0. The van der Waals surface area contributed by atoms with Crippen LogP contribution in [0, 0.1) is 11.3 Å². The maximum Gasteiger partial charge on any atom is 0.137 e. The third-order valence-corrected chi connectivity index (χ3v) is 5.78. The number of benzene rings is 1. The number of rotatable bonds is 11. The zero-order chi connectivity index (χ0) is 18.0. The fourth-order valence-corrected chi connectivity index (χ4v) is 3.62. The summed E-state index contributed by atoms with van der Waals surface area (Å²) in [4.78, 5) is 0. The highest BCUT2D eigenvalue weighted by Crippen LogP contribution is 2.22. The van der Waals surface area contributed by atoms with Crippen molar-refractivity contribution in [1.29, 1.82) is 5.26 Å². The molecule has 0 spiro atoms. The number of hydrogen-bond donors (Lipinski definition) is 2. The van der Waals surface area contributed by atoms with Gasteiger partial charge in [0, 0.05) is 5.54 Å². The predicted molar refractivity (Wildman–Crippen MR) is 97.3 cm³/mol. The highest BCUT2D eigenvalue weighted by molar-refractivity contribution is 7.91. The maximum absolute atomic E-state index is 11.7. The summed E-state index contributed by atoms with van der Waals surface area (Å²) in [7, 11) is 0. The van der Waals surface area contributed by atoms with E-state index in [1.807, 2.05) is 13.8 Å². The van der Waals surface area contributed by atoms with Crippen LogP contribution in [0.5, 0.6) is 5.75 Å².